The molecule has 0 aliphatic carbocycles. The molecule has 1 N–H and O–H groups in total. The average Bonchev–Trinajstić information content (AvgIpc) is 2.82. The molecular weight excluding hydrogens is 262 g/mol. The molecule has 0 spiro atoms. The third-order valence-corrected chi connectivity index (χ3v) is 3.64. The van der Waals surface area contributed by atoms with Gasteiger partial charge in [0.05, 0.1) is 5.02 Å². The van der Waals surface area contributed by atoms with E-state index in [0.29, 0.717) is 22.2 Å². The molecule has 19 heavy (non-hydrogen) atoms. The Kier molecular flexibility index (Phi) is 4.47. The summed E-state index contributed by atoms with van der Waals surface area (Å²) in [6, 6.07) is 5.40. The van der Waals surface area contributed by atoms with Crippen LogP contribution in [0.2, 0.25) is 5.02 Å². The standard InChI is InChI=1S/C15H16ClNO2/c1-11-4-2-8-17(11)15(19)13-7-6-12(5-3-9-18)14(16)10-13/h6-7,10-11,18H,2,4,8-9H2,1H3. The lowest BCUT2D eigenvalue weighted by Crippen LogP contribution is -2.33. The first-order valence-corrected chi connectivity index (χ1v) is 6.71. The molecule has 1 fully saturated rings. The second kappa shape index (κ2) is 6.10. The molecule has 1 heterocycles. The summed E-state index contributed by atoms with van der Waals surface area (Å²) in [6.45, 7) is 2.67. The highest BCUT2D eigenvalue weighted by molar-refractivity contribution is 6.32. The zero-order valence-corrected chi connectivity index (χ0v) is 11.6. The minimum Gasteiger partial charge on any atom is -0.384 e. The zero-order chi connectivity index (χ0) is 13.8. The number of aliphatic hydroxyl groups excluding tert-OH is 1. The van der Waals surface area contributed by atoms with Crippen molar-refractivity contribution in [1.29, 1.82) is 0 Å². The SMILES string of the molecule is CC1CCCN1C(=O)c1ccc(C#CCO)c(Cl)c1. The monoisotopic (exact) mass is 277 g/mol. The number of carbonyl (C=O) groups excluding carboxylic acids is 1. The molecular formula is C15H16ClNO2. The van der Waals surface area contributed by atoms with Crippen molar-refractivity contribution in [3.63, 3.8) is 0 Å². The van der Waals surface area contributed by atoms with E-state index < -0.39 is 0 Å². The summed E-state index contributed by atoms with van der Waals surface area (Å²) in [5, 5.41) is 9.10. The quantitative estimate of drug-likeness (QED) is 0.800. The van der Waals surface area contributed by atoms with Crippen LogP contribution in [0.5, 0.6) is 0 Å². The van der Waals surface area contributed by atoms with Gasteiger partial charge in [0, 0.05) is 23.7 Å². The summed E-state index contributed by atoms with van der Waals surface area (Å²) < 4.78 is 0. The van der Waals surface area contributed by atoms with Crippen molar-refractivity contribution in [1.82, 2.24) is 4.90 Å². The molecule has 0 saturated carbocycles. The maximum Gasteiger partial charge on any atom is 0.254 e. The number of nitrogens with zero attached hydrogens (tertiary/aromatic N) is 1. The number of amides is 1. The van der Waals surface area contributed by atoms with E-state index in [-0.39, 0.29) is 12.5 Å². The first-order chi connectivity index (χ1) is 9.13. The van der Waals surface area contributed by atoms with E-state index in [0.717, 1.165) is 19.4 Å². The van der Waals surface area contributed by atoms with Crippen molar-refractivity contribution in [2.75, 3.05) is 13.2 Å². The zero-order valence-electron chi connectivity index (χ0n) is 10.8. The molecule has 1 aromatic carbocycles. The molecule has 1 amide bonds. The van der Waals surface area contributed by atoms with Crippen LogP contribution in [0.3, 0.4) is 0 Å². The van der Waals surface area contributed by atoms with Crippen LogP contribution in [-0.4, -0.2) is 35.1 Å². The Morgan fingerprint density at radius 1 is 1.58 bits per heavy atom. The van der Waals surface area contributed by atoms with Gasteiger partial charge >= 0.3 is 0 Å². The van der Waals surface area contributed by atoms with E-state index in [2.05, 4.69) is 18.8 Å². The van der Waals surface area contributed by atoms with Gasteiger partial charge in [0.2, 0.25) is 0 Å². The van der Waals surface area contributed by atoms with Crippen LogP contribution in [0.4, 0.5) is 0 Å². The first kappa shape index (κ1) is 13.9. The Hall–Kier alpha value is -1.50. The smallest absolute Gasteiger partial charge is 0.254 e. The van der Waals surface area contributed by atoms with Gasteiger partial charge in [0.1, 0.15) is 6.61 Å². The summed E-state index contributed by atoms with van der Waals surface area (Å²) >= 11 is 6.10. The van der Waals surface area contributed by atoms with Crippen molar-refractivity contribution in [2.45, 2.75) is 25.8 Å². The number of rotatable bonds is 1. The molecule has 2 rings (SSSR count). The number of hydrogen-bond donors (Lipinski definition) is 1. The summed E-state index contributed by atoms with van der Waals surface area (Å²) in [5.74, 6) is 5.31. The highest BCUT2D eigenvalue weighted by Crippen LogP contribution is 2.22. The predicted molar refractivity (Wildman–Crippen MR) is 75.1 cm³/mol. The van der Waals surface area contributed by atoms with Gasteiger partial charge in [-0.05, 0) is 38.0 Å². The Bertz CT molecular complexity index is 545. The number of likely N-dealkylation sites (tertiary alicyclic amines) is 1. The van der Waals surface area contributed by atoms with E-state index >= 15 is 0 Å². The second-order valence-electron chi connectivity index (χ2n) is 4.64. The number of halogens is 1. The highest BCUT2D eigenvalue weighted by atomic mass is 35.5. The fraction of sp³-hybridized carbons (Fsp3) is 0.400. The minimum absolute atomic E-state index is 0.0218. The van der Waals surface area contributed by atoms with Crippen molar-refractivity contribution < 1.29 is 9.90 Å². The molecule has 0 bridgehead atoms. The largest absolute Gasteiger partial charge is 0.384 e. The Morgan fingerprint density at radius 2 is 2.37 bits per heavy atom. The van der Waals surface area contributed by atoms with E-state index in [1.165, 1.54) is 0 Å². The molecule has 1 saturated heterocycles. The molecule has 0 radical (unpaired) electrons. The molecule has 1 unspecified atom stereocenters. The molecule has 1 aliphatic rings. The summed E-state index contributed by atoms with van der Waals surface area (Å²) in [5.41, 5.74) is 1.22. The molecule has 100 valence electrons. The predicted octanol–water partition coefficient (Wildman–Crippen LogP) is 2.31. The third kappa shape index (κ3) is 3.09. The van der Waals surface area contributed by atoms with Crippen molar-refractivity contribution >= 4 is 17.5 Å². The van der Waals surface area contributed by atoms with E-state index in [1.54, 1.807) is 18.2 Å². The van der Waals surface area contributed by atoms with Crippen LogP contribution in [-0.2, 0) is 0 Å². The molecule has 1 atom stereocenters. The summed E-state index contributed by atoms with van der Waals surface area (Å²) in [4.78, 5) is 14.2. The van der Waals surface area contributed by atoms with Gasteiger partial charge in [-0.2, -0.15) is 0 Å². The normalized spacial score (nSPS) is 18.1. The molecule has 3 nitrogen and oxygen atoms in total. The number of aliphatic hydroxyl groups is 1. The molecule has 1 aromatic rings. The Balaban J connectivity index is 2.22. The summed E-state index contributed by atoms with van der Waals surface area (Å²) in [7, 11) is 0. The van der Waals surface area contributed by atoms with E-state index in [4.69, 9.17) is 16.7 Å². The van der Waals surface area contributed by atoms with Crippen molar-refractivity contribution in [3.05, 3.63) is 34.3 Å². The van der Waals surface area contributed by atoms with E-state index in [9.17, 15) is 4.79 Å². The average molecular weight is 278 g/mol. The third-order valence-electron chi connectivity index (χ3n) is 3.33. The van der Waals surface area contributed by atoms with Crippen molar-refractivity contribution in [2.24, 2.45) is 0 Å². The fourth-order valence-corrected chi connectivity index (χ4v) is 2.51. The van der Waals surface area contributed by atoms with Crippen LogP contribution in [0, 0.1) is 11.8 Å². The lowest BCUT2D eigenvalue weighted by atomic mass is 10.1. The lowest BCUT2D eigenvalue weighted by Gasteiger charge is -2.21. The van der Waals surface area contributed by atoms with E-state index in [1.807, 2.05) is 4.90 Å². The number of hydrogen-bond acceptors (Lipinski definition) is 2. The van der Waals surface area contributed by atoms with Gasteiger partial charge in [0.25, 0.3) is 5.91 Å². The maximum absolute atomic E-state index is 12.3. The number of carbonyl (C=O) groups is 1. The molecule has 0 aromatic heterocycles. The second-order valence-corrected chi connectivity index (χ2v) is 5.05. The van der Waals surface area contributed by atoms with Gasteiger partial charge in [0.15, 0.2) is 0 Å². The topological polar surface area (TPSA) is 40.5 Å². The fourth-order valence-electron chi connectivity index (χ4n) is 2.29. The van der Waals surface area contributed by atoms with Gasteiger partial charge in [-0.25, -0.2) is 0 Å². The summed E-state index contributed by atoms with van der Waals surface area (Å²) in [6.07, 6.45) is 2.11. The van der Waals surface area contributed by atoms with Crippen LogP contribution in [0.1, 0.15) is 35.7 Å². The van der Waals surface area contributed by atoms with Crippen LogP contribution < -0.4 is 0 Å². The molecule has 1 aliphatic heterocycles. The van der Waals surface area contributed by atoms with Gasteiger partial charge in [-0.1, -0.05) is 23.4 Å². The van der Waals surface area contributed by atoms with Crippen LogP contribution in [0.25, 0.3) is 0 Å². The lowest BCUT2D eigenvalue weighted by molar-refractivity contribution is 0.0747. The maximum atomic E-state index is 12.3. The first-order valence-electron chi connectivity index (χ1n) is 6.33. The number of benzene rings is 1. The van der Waals surface area contributed by atoms with Gasteiger partial charge < -0.3 is 10.0 Å². The van der Waals surface area contributed by atoms with Gasteiger partial charge in [-0.15, -0.1) is 0 Å². The highest BCUT2D eigenvalue weighted by Gasteiger charge is 2.26. The minimum atomic E-state index is -0.206. The van der Waals surface area contributed by atoms with Crippen LogP contribution >= 0.6 is 11.6 Å². The van der Waals surface area contributed by atoms with Crippen LogP contribution in [0.15, 0.2) is 18.2 Å². The van der Waals surface area contributed by atoms with Gasteiger partial charge in [-0.3, -0.25) is 4.79 Å². The Morgan fingerprint density at radius 3 is 2.95 bits per heavy atom. The Labute approximate surface area is 118 Å². The molecule has 4 heteroatoms. The van der Waals surface area contributed by atoms with Crippen molar-refractivity contribution in [3.8, 4) is 11.8 Å².